The highest BCUT2D eigenvalue weighted by Crippen LogP contribution is 2.38. The van der Waals surface area contributed by atoms with E-state index in [1.54, 1.807) is 36.4 Å². The van der Waals surface area contributed by atoms with Crippen molar-refractivity contribution in [1.82, 2.24) is 5.32 Å². The van der Waals surface area contributed by atoms with Crippen LogP contribution < -0.4 is 19.7 Å². The summed E-state index contributed by atoms with van der Waals surface area (Å²) in [5.41, 5.74) is 3.25. The molecule has 0 spiro atoms. The van der Waals surface area contributed by atoms with Crippen LogP contribution in [0, 0.1) is 6.92 Å². The fraction of sp³-hybridized carbons (Fsp3) is 0.120. The van der Waals surface area contributed by atoms with Gasteiger partial charge < -0.3 is 14.8 Å². The lowest BCUT2D eigenvalue weighted by molar-refractivity contribution is -0.113. The zero-order valence-electron chi connectivity index (χ0n) is 17.9. The third-order valence-electron chi connectivity index (χ3n) is 5.03. The molecule has 0 atom stereocenters. The first kappa shape index (κ1) is 22.7. The van der Waals surface area contributed by atoms with Crippen molar-refractivity contribution in [2.45, 2.75) is 13.5 Å². The number of imide groups is 1. The highest BCUT2D eigenvalue weighted by atomic mass is 35.5. The van der Waals surface area contributed by atoms with E-state index in [0.717, 1.165) is 16.0 Å². The molecule has 6 nitrogen and oxygen atoms in total. The molecule has 0 aromatic heterocycles. The van der Waals surface area contributed by atoms with E-state index >= 15 is 0 Å². The standard InChI is InChI=1S/C25H20Cl2N2O4/c1-15-3-5-16(6-4-15)14-33-23-20(27)11-17(13-22(23)32-2)12-21-24(30)29(25(31)28-21)19-9-7-18(26)8-10-19/h3-13H,14H2,1-2H3,(H,28,31)/b21-12+. The van der Waals surface area contributed by atoms with Crippen LogP contribution >= 0.6 is 23.2 Å². The van der Waals surface area contributed by atoms with Gasteiger partial charge in [0.05, 0.1) is 17.8 Å². The average molecular weight is 483 g/mol. The average Bonchev–Trinajstić information content (AvgIpc) is 3.07. The Balaban J connectivity index is 1.57. The molecular weight excluding hydrogens is 463 g/mol. The van der Waals surface area contributed by atoms with Crippen molar-refractivity contribution in [2.75, 3.05) is 12.0 Å². The molecule has 0 saturated carbocycles. The summed E-state index contributed by atoms with van der Waals surface area (Å²) in [5, 5.41) is 3.41. The largest absolute Gasteiger partial charge is 0.493 e. The molecule has 33 heavy (non-hydrogen) atoms. The number of methoxy groups -OCH3 is 1. The number of halogens is 2. The summed E-state index contributed by atoms with van der Waals surface area (Å²) in [6.45, 7) is 2.34. The van der Waals surface area contributed by atoms with Gasteiger partial charge in [-0.05, 0) is 60.5 Å². The van der Waals surface area contributed by atoms with Crippen LogP contribution in [-0.2, 0) is 11.4 Å². The van der Waals surface area contributed by atoms with E-state index in [2.05, 4.69) is 5.32 Å². The van der Waals surface area contributed by atoms with Crippen LogP contribution in [0.15, 0.2) is 66.4 Å². The normalized spacial score (nSPS) is 14.5. The number of aryl methyl sites for hydroxylation is 1. The van der Waals surface area contributed by atoms with Gasteiger partial charge in [0, 0.05) is 5.02 Å². The van der Waals surface area contributed by atoms with E-state index in [1.165, 1.54) is 13.2 Å². The van der Waals surface area contributed by atoms with Crippen molar-refractivity contribution in [2.24, 2.45) is 0 Å². The van der Waals surface area contributed by atoms with Crippen molar-refractivity contribution in [3.05, 3.63) is 93.1 Å². The van der Waals surface area contributed by atoms with Gasteiger partial charge in [0.15, 0.2) is 11.5 Å². The lowest BCUT2D eigenvalue weighted by Gasteiger charge is -2.14. The highest BCUT2D eigenvalue weighted by molar-refractivity contribution is 6.33. The number of amides is 3. The minimum absolute atomic E-state index is 0.112. The maximum absolute atomic E-state index is 12.8. The van der Waals surface area contributed by atoms with Crippen LogP contribution in [0.1, 0.15) is 16.7 Å². The first-order valence-corrected chi connectivity index (χ1v) is 10.8. The van der Waals surface area contributed by atoms with Crippen molar-refractivity contribution < 1.29 is 19.1 Å². The Hall–Kier alpha value is -3.48. The number of urea groups is 1. The van der Waals surface area contributed by atoms with Crippen LogP contribution in [0.3, 0.4) is 0 Å². The Morgan fingerprint density at radius 3 is 2.36 bits per heavy atom. The summed E-state index contributed by atoms with van der Waals surface area (Å²) in [5.74, 6) is 0.316. The van der Waals surface area contributed by atoms with Crippen molar-refractivity contribution in [3.63, 3.8) is 0 Å². The minimum Gasteiger partial charge on any atom is -0.493 e. The summed E-state index contributed by atoms with van der Waals surface area (Å²) in [6.07, 6.45) is 1.54. The van der Waals surface area contributed by atoms with Crippen molar-refractivity contribution >= 4 is 46.9 Å². The number of nitrogens with zero attached hydrogens (tertiary/aromatic N) is 1. The van der Waals surface area contributed by atoms with Crippen molar-refractivity contribution in [3.8, 4) is 11.5 Å². The predicted molar refractivity (Wildman–Crippen MR) is 129 cm³/mol. The lowest BCUT2D eigenvalue weighted by atomic mass is 10.1. The van der Waals surface area contributed by atoms with Crippen LogP contribution in [-0.4, -0.2) is 19.0 Å². The predicted octanol–water partition coefficient (Wildman–Crippen LogP) is 5.99. The topological polar surface area (TPSA) is 67.9 Å². The monoisotopic (exact) mass is 482 g/mol. The van der Waals surface area contributed by atoms with Crippen LogP contribution in [0.4, 0.5) is 10.5 Å². The number of rotatable bonds is 6. The van der Waals surface area contributed by atoms with Gasteiger partial charge in [-0.25, -0.2) is 9.69 Å². The van der Waals surface area contributed by atoms with Crippen LogP contribution in [0.2, 0.25) is 10.0 Å². The number of carbonyl (C=O) groups is 2. The molecule has 1 aliphatic heterocycles. The van der Waals surface area contributed by atoms with E-state index in [-0.39, 0.29) is 5.70 Å². The third-order valence-corrected chi connectivity index (χ3v) is 5.56. The Labute approximate surface area is 201 Å². The molecule has 0 radical (unpaired) electrons. The summed E-state index contributed by atoms with van der Waals surface area (Å²) >= 11 is 12.4. The Morgan fingerprint density at radius 1 is 1.00 bits per heavy atom. The van der Waals surface area contributed by atoms with E-state index < -0.39 is 11.9 Å². The van der Waals surface area contributed by atoms with Gasteiger partial charge in [0.25, 0.3) is 5.91 Å². The van der Waals surface area contributed by atoms with Gasteiger partial charge in [0.2, 0.25) is 0 Å². The van der Waals surface area contributed by atoms with Crippen LogP contribution in [0.5, 0.6) is 11.5 Å². The molecule has 3 aromatic rings. The quantitative estimate of drug-likeness (QED) is 0.346. The molecule has 1 fully saturated rings. The SMILES string of the molecule is COc1cc(/C=C2/NC(=O)N(c3ccc(Cl)cc3)C2=O)cc(Cl)c1OCc1ccc(C)cc1. The molecule has 3 amide bonds. The Morgan fingerprint density at radius 2 is 1.70 bits per heavy atom. The van der Waals surface area contributed by atoms with E-state index in [9.17, 15) is 9.59 Å². The lowest BCUT2D eigenvalue weighted by Crippen LogP contribution is -2.30. The number of hydrogen-bond acceptors (Lipinski definition) is 4. The molecule has 1 N–H and O–H groups in total. The highest BCUT2D eigenvalue weighted by Gasteiger charge is 2.34. The molecule has 1 saturated heterocycles. The third kappa shape index (κ3) is 4.97. The maximum atomic E-state index is 12.8. The summed E-state index contributed by atoms with van der Waals surface area (Å²) in [4.78, 5) is 26.3. The van der Waals surface area contributed by atoms with Gasteiger partial charge in [-0.15, -0.1) is 0 Å². The molecular formula is C25H20Cl2N2O4. The van der Waals surface area contributed by atoms with E-state index in [0.29, 0.717) is 39.4 Å². The number of ether oxygens (including phenoxy) is 2. The van der Waals surface area contributed by atoms with Gasteiger partial charge >= 0.3 is 6.03 Å². The molecule has 0 bridgehead atoms. The molecule has 0 aliphatic carbocycles. The van der Waals surface area contributed by atoms with Gasteiger partial charge in [-0.1, -0.05) is 53.0 Å². The molecule has 1 aliphatic rings. The second kappa shape index (κ2) is 9.57. The Kier molecular flexibility index (Phi) is 6.58. The summed E-state index contributed by atoms with van der Waals surface area (Å²) in [7, 11) is 1.51. The Bertz CT molecular complexity index is 1240. The van der Waals surface area contributed by atoms with Gasteiger partial charge in [-0.2, -0.15) is 0 Å². The number of hydrogen-bond donors (Lipinski definition) is 1. The maximum Gasteiger partial charge on any atom is 0.333 e. The van der Waals surface area contributed by atoms with Gasteiger partial charge in [-0.3, -0.25) is 4.79 Å². The first-order chi connectivity index (χ1) is 15.9. The van der Waals surface area contributed by atoms with Crippen molar-refractivity contribution in [1.29, 1.82) is 0 Å². The summed E-state index contributed by atoms with van der Waals surface area (Å²) in [6, 6.07) is 17.2. The summed E-state index contributed by atoms with van der Waals surface area (Å²) < 4.78 is 11.4. The first-order valence-electron chi connectivity index (χ1n) is 10.0. The fourth-order valence-electron chi connectivity index (χ4n) is 3.33. The molecule has 3 aromatic carbocycles. The zero-order valence-corrected chi connectivity index (χ0v) is 19.4. The zero-order chi connectivity index (χ0) is 23.5. The molecule has 168 valence electrons. The number of nitrogens with one attached hydrogen (secondary N) is 1. The van der Waals surface area contributed by atoms with Gasteiger partial charge in [0.1, 0.15) is 12.3 Å². The van der Waals surface area contributed by atoms with Crippen LogP contribution in [0.25, 0.3) is 6.08 Å². The van der Waals surface area contributed by atoms with E-state index in [4.69, 9.17) is 32.7 Å². The molecule has 1 heterocycles. The second-order valence-corrected chi connectivity index (χ2v) is 8.26. The molecule has 0 unspecified atom stereocenters. The molecule has 8 heteroatoms. The van der Waals surface area contributed by atoms with E-state index in [1.807, 2.05) is 31.2 Å². The smallest absolute Gasteiger partial charge is 0.333 e. The second-order valence-electron chi connectivity index (χ2n) is 7.41. The number of benzene rings is 3. The number of carbonyl (C=O) groups excluding carboxylic acids is 2. The minimum atomic E-state index is -0.551. The molecule has 4 rings (SSSR count). The number of anilines is 1. The fourth-order valence-corrected chi connectivity index (χ4v) is 3.73.